The van der Waals surface area contributed by atoms with Gasteiger partial charge in [-0.2, -0.15) is 0 Å². The van der Waals surface area contributed by atoms with Crippen LogP contribution in [-0.2, 0) is 16.1 Å². The Balaban J connectivity index is 1.72. The molecular weight excluding hydrogens is 298 g/mol. The Kier molecular flexibility index (Phi) is 4.57. The average molecular weight is 317 g/mol. The molecule has 0 spiro atoms. The predicted molar refractivity (Wildman–Crippen MR) is 85.4 cm³/mol. The van der Waals surface area contributed by atoms with Crippen molar-refractivity contribution in [1.82, 2.24) is 14.9 Å². The van der Waals surface area contributed by atoms with Gasteiger partial charge in [0.25, 0.3) is 5.56 Å². The number of ether oxygens (including phenoxy) is 1. The topological polar surface area (TPSA) is 93.2 Å². The number of nitrogens with one attached hydrogen (secondary N) is 2. The molecule has 1 amide bonds. The minimum Gasteiger partial charge on any atom is -0.381 e. The Morgan fingerprint density at radius 2 is 2.00 bits per heavy atom. The normalized spacial score (nSPS) is 15.7. The smallest absolute Gasteiger partial charge is 0.329 e. The summed E-state index contributed by atoms with van der Waals surface area (Å²) in [6, 6.07) is 6.75. The lowest BCUT2D eigenvalue weighted by molar-refractivity contribution is -0.122. The molecule has 0 atom stereocenters. The fraction of sp³-hybridized carbons (Fsp3) is 0.438. The highest BCUT2D eigenvalue weighted by molar-refractivity contribution is 5.78. The molecule has 7 heteroatoms. The largest absolute Gasteiger partial charge is 0.381 e. The van der Waals surface area contributed by atoms with Crippen LogP contribution < -0.4 is 16.6 Å². The second-order valence-electron chi connectivity index (χ2n) is 5.73. The average Bonchev–Trinajstić information content (AvgIpc) is 2.58. The molecule has 3 rings (SSSR count). The third kappa shape index (κ3) is 3.50. The van der Waals surface area contributed by atoms with Crippen LogP contribution in [0.15, 0.2) is 33.9 Å². The first kappa shape index (κ1) is 15.5. The Bertz CT molecular complexity index is 818. The van der Waals surface area contributed by atoms with E-state index in [9.17, 15) is 14.4 Å². The summed E-state index contributed by atoms with van der Waals surface area (Å²) in [5.41, 5.74) is -0.554. The molecule has 1 saturated heterocycles. The molecule has 7 nitrogen and oxygen atoms in total. The zero-order valence-corrected chi connectivity index (χ0v) is 12.7. The maximum Gasteiger partial charge on any atom is 0.329 e. The maximum absolute atomic E-state index is 12.3. The van der Waals surface area contributed by atoms with Crippen LogP contribution >= 0.6 is 0 Å². The van der Waals surface area contributed by atoms with Crippen LogP contribution in [0.3, 0.4) is 0 Å². The Labute approximate surface area is 132 Å². The van der Waals surface area contributed by atoms with E-state index in [-0.39, 0.29) is 12.5 Å². The van der Waals surface area contributed by atoms with Crippen LogP contribution in [-0.4, -0.2) is 35.2 Å². The number of fused-ring (bicyclic) bond motifs is 1. The van der Waals surface area contributed by atoms with Gasteiger partial charge in [-0.25, -0.2) is 4.79 Å². The summed E-state index contributed by atoms with van der Waals surface area (Å²) in [6.45, 7) is 1.69. The number of rotatable bonds is 4. The van der Waals surface area contributed by atoms with Gasteiger partial charge >= 0.3 is 5.69 Å². The second-order valence-corrected chi connectivity index (χ2v) is 5.73. The molecule has 1 aromatic heterocycles. The third-order valence-corrected chi connectivity index (χ3v) is 4.12. The van der Waals surface area contributed by atoms with Gasteiger partial charge in [-0.15, -0.1) is 0 Å². The van der Waals surface area contributed by atoms with Crippen LogP contribution in [0.4, 0.5) is 0 Å². The fourth-order valence-corrected chi connectivity index (χ4v) is 2.75. The number of hydrogen-bond donors (Lipinski definition) is 2. The predicted octanol–water partition coefficient (Wildman–Crippen LogP) is 0.233. The van der Waals surface area contributed by atoms with Gasteiger partial charge in [0.1, 0.15) is 6.54 Å². The number of carbonyl (C=O) groups excluding carboxylic acids is 1. The van der Waals surface area contributed by atoms with Crippen molar-refractivity contribution < 1.29 is 9.53 Å². The second kappa shape index (κ2) is 6.78. The first-order chi connectivity index (χ1) is 11.1. The number of aromatic amines is 1. The van der Waals surface area contributed by atoms with Crippen molar-refractivity contribution in [1.29, 1.82) is 0 Å². The van der Waals surface area contributed by atoms with Crippen molar-refractivity contribution in [3.05, 3.63) is 45.1 Å². The first-order valence-electron chi connectivity index (χ1n) is 7.71. The van der Waals surface area contributed by atoms with E-state index in [1.165, 1.54) is 0 Å². The number of hydrogen-bond acceptors (Lipinski definition) is 4. The van der Waals surface area contributed by atoms with Gasteiger partial charge in [0.15, 0.2) is 0 Å². The summed E-state index contributed by atoms with van der Waals surface area (Å²) < 4.78 is 6.20. The molecule has 0 radical (unpaired) electrons. The van der Waals surface area contributed by atoms with Crippen molar-refractivity contribution >= 4 is 16.8 Å². The number of para-hydroxylation sites is 1. The molecule has 1 aliphatic heterocycles. The van der Waals surface area contributed by atoms with Gasteiger partial charge in [-0.1, -0.05) is 12.1 Å². The summed E-state index contributed by atoms with van der Waals surface area (Å²) in [4.78, 5) is 39.0. The van der Waals surface area contributed by atoms with E-state index in [0.29, 0.717) is 36.6 Å². The summed E-state index contributed by atoms with van der Waals surface area (Å²) in [5, 5.41) is 3.19. The molecule has 2 heterocycles. The van der Waals surface area contributed by atoms with Crippen molar-refractivity contribution in [3.8, 4) is 0 Å². The molecule has 0 saturated carbocycles. The monoisotopic (exact) mass is 317 g/mol. The van der Waals surface area contributed by atoms with E-state index < -0.39 is 11.2 Å². The van der Waals surface area contributed by atoms with Crippen LogP contribution in [0.2, 0.25) is 0 Å². The lowest BCUT2D eigenvalue weighted by Gasteiger charge is -2.22. The van der Waals surface area contributed by atoms with Crippen LogP contribution in [0.1, 0.15) is 12.8 Å². The molecule has 1 aliphatic rings. The molecule has 2 aromatic rings. The van der Waals surface area contributed by atoms with E-state index in [0.717, 1.165) is 17.4 Å². The number of benzene rings is 1. The van der Waals surface area contributed by atoms with E-state index >= 15 is 0 Å². The van der Waals surface area contributed by atoms with Gasteiger partial charge in [0, 0.05) is 19.8 Å². The quantitative estimate of drug-likeness (QED) is 0.844. The standard InChI is InChI=1S/C16H19N3O4/c20-14(17-9-11-5-7-23-8-6-11)10-19-15(21)12-3-1-2-4-13(12)18-16(19)22/h1-4,11H,5-10H2,(H,17,20)(H,18,22). The Morgan fingerprint density at radius 3 is 2.78 bits per heavy atom. The first-order valence-corrected chi connectivity index (χ1v) is 7.71. The van der Waals surface area contributed by atoms with Crippen molar-refractivity contribution in [2.45, 2.75) is 19.4 Å². The minimum absolute atomic E-state index is 0.276. The highest BCUT2D eigenvalue weighted by Gasteiger charge is 2.16. The zero-order chi connectivity index (χ0) is 16.2. The van der Waals surface area contributed by atoms with Gasteiger partial charge in [-0.3, -0.25) is 14.2 Å². The zero-order valence-electron chi connectivity index (χ0n) is 12.7. The number of amides is 1. The fourth-order valence-electron chi connectivity index (χ4n) is 2.75. The van der Waals surface area contributed by atoms with Crippen molar-refractivity contribution in [2.24, 2.45) is 5.92 Å². The summed E-state index contributed by atoms with van der Waals surface area (Å²) >= 11 is 0. The molecule has 2 N–H and O–H groups in total. The van der Waals surface area contributed by atoms with E-state index in [4.69, 9.17) is 4.74 Å². The van der Waals surface area contributed by atoms with Gasteiger partial charge in [0.2, 0.25) is 5.91 Å². The van der Waals surface area contributed by atoms with Gasteiger partial charge in [0.05, 0.1) is 10.9 Å². The summed E-state index contributed by atoms with van der Waals surface area (Å²) in [7, 11) is 0. The third-order valence-electron chi connectivity index (χ3n) is 4.12. The Morgan fingerprint density at radius 1 is 1.26 bits per heavy atom. The number of carbonyl (C=O) groups is 1. The minimum atomic E-state index is -0.574. The lowest BCUT2D eigenvalue weighted by atomic mass is 10.0. The molecule has 1 aromatic carbocycles. The van der Waals surface area contributed by atoms with Crippen LogP contribution in [0.5, 0.6) is 0 Å². The van der Waals surface area contributed by atoms with Crippen LogP contribution in [0.25, 0.3) is 10.9 Å². The molecule has 0 unspecified atom stereocenters. The van der Waals surface area contributed by atoms with E-state index in [1.54, 1.807) is 24.3 Å². The van der Waals surface area contributed by atoms with Gasteiger partial charge < -0.3 is 15.0 Å². The molecule has 0 bridgehead atoms. The molecular formula is C16H19N3O4. The number of nitrogens with zero attached hydrogens (tertiary/aromatic N) is 1. The summed E-state index contributed by atoms with van der Waals surface area (Å²) in [5.74, 6) is 0.0543. The number of aromatic nitrogens is 2. The molecule has 1 fully saturated rings. The van der Waals surface area contributed by atoms with Crippen molar-refractivity contribution in [2.75, 3.05) is 19.8 Å². The van der Waals surface area contributed by atoms with Crippen molar-refractivity contribution in [3.63, 3.8) is 0 Å². The highest BCUT2D eigenvalue weighted by atomic mass is 16.5. The maximum atomic E-state index is 12.3. The molecule has 23 heavy (non-hydrogen) atoms. The molecule has 122 valence electrons. The lowest BCUT2D eigenvalue weighted by Crippen LogP contribution is -2.42. The SMILES string of the molecule is O=C(Cn1c(=O)[nH]c2ccccc2c1=O)NCC1CCOCC1. The van der Waals surface area contributed by atoms with Crippen LogP contribution in [0, 0.1) is 5.92 Å². The Hall–Kier alpha value is -2.41. The van der Waals surface area contributed by atoms with E-state index in [2.05, 4.69) is 10.3 Å². The summed E-state index contributed by atoms with van der Waals surface area (Å²) in [6.07, 6.45) is 1.83. The molecule has 0 aliphatic carbocycles. The highest BCUT2D eigenvalue weighted by Crippen LogP contribution is 2.13. The number of H-pyrrole nitrogens is 1. The van der Waals surface area contributed by atoms with E-state index in [1.807, 2.05) is 0 Å². The van der Waals surface area contributed by atoms with Gasteiger partial charge in [-0.05, 0) is 30.9 Å².